The second-order valence-corrected chi connectivity index (χ2v) is 23.4. The Kier molecular flexibility index (Phi) is 21.7. The number of nitrogens with one attached hydrogen (secondary N) is 5. The normalized spacial score (nSPS) is 12.8. The number of aromatic amines is 3. The summed E-state index contributed by atoms with van der Waals surface area (Å²) in [5, 5.41) is 34.0. The average molecular weight is 1190 g/mol. The molecule has 0 saturated carbocycles. The average Bonchev–Trinajstić information content (AvgIpc) is 2.45. The number of hydrogen-bond acceptors (Lipinski definition) is 18. The first-order chi connectivity index (χ1) is 41.2. The van der Waals surface area contributed by atoms with Crippen LogP contribution in [0.3, 0.4) is 0 Å². The summed E-state index contributed by atoms with van der Waals surface area (Å²) in [6, 6.07) is 11.3. The molecule has 6 heterocycles. The fourth-order valence-electron chi connectivity index (χ4n) is 9.97. The van der Waals surface area contributed by atoms with E-state index in [4.69, 9.17) is 21.1 Å². The van der Waals surface area contributed by atoms with E-state index in [-0.39, 0.29) is 45.8 Å². The van der Waals surface area contributed by atoms with Gasteiger partial charge in [-0.05, 0) is 143 Å². The van der Waals surface area contributed by atoms with Crippen molar-refractivity contribution in [2.45, 2.75) is 132 Å². The third kappa shape index (κ3) is 17.1. The van der Waals surface area contributed by atoms with Crippen molar-refractivity contribution in [1.82, 2.24) is 35.2 Å². The maximum Gasteiger partial charge on any atom is 0.320 e. The molecule has 3 aliphatic heterocycles. The van der Waals surface area contributed by atoms with E-state index in [9.17, 15) is 28.8 Å². The summed E-state index contributed by atoms with van der Waals surface area (Å²) in [4.78, 5) is 110. The number of anilines is 7. The van der Waals surface area contributed by atoms with Gasteiger partial charge in [0.25, 0.3) is 16.7 Å². The number of benzene rings is 3. The van der Waals surface area contributed by atoms with Crippen molar-refractivity contribution in [1.29, 1.82) is 0 Å². The molecule has 0 bridgehead atoms. The maximum atomic E-state index is 12.6. The number of fused-ring (bicyclic) bond motifs is 6. The maximum absolute atomic E-state index is 12.6. The predicted molar refractivity (Wildman–Crippen MR) is 339 cm³/mol. The molecule has 0 aliphatic carbocycles. The van der Waals surface area contributed by atoms with Crippen molar-refractivity contribution in [2.75, 3.05) is 59.3 Å². The zero-order chi connectivity index (χ0) is 63.4. The lowest BCUT2D eigenvalue weighted by Gasteiger charge is -2.29. The van der Waals surface area contributed by atoms with Gasteiger partial charge in [-0.2, -0.15) is 0 Å². The monoisotopic (exact) mass is 1190 g/mol. The third-order valence-electron chi connectivity index (χ3n) is 14.9. The van der Waals surface area contributed by atoms with Crippen LogP contribution in [0, 0.1) is 40.0 Å². The molecule has 462 valence electrons. The smallest absolute Gasteiger partial charge is 0.320 e. The molecule has 6 aromatic rings. The summed E-state index contributed by atoms with van der Waals surface area (Å²) in [6.07, 6.45) is 7.30. The number of H-pyrrole nitrogens is 3. The van der Waals surface area contributed by atoms with Gasteiger partial charge in [0.1, 0.15) is 22.5 Å². The standard InChI is InChI=1S/C24H33N5O3.C20H24N4O3.C19H24N6O3/c1-15-12-18-19(13-17(15)25-14-24(3,4)5)29(11-9-7-6-8-10-20(30)31)22-21(28-18)23(32)27-16(2)26-22;1-12-10-15-16(11-13(12)2)24(9-7-5-4-6-8-17(25)26)19-18(23-15)20(27)22-14(3)21-19;1-10-8-14-15(9-11(10)2)25(7-6-21-5-4-13(20)19(27)28)17-16(24-14)18(26)23-12(3)22-17/h12-13,25H,2,6-11,14H2,1,3-5H3,(H,27,32)(H,30,31);10-11H,3-9H2,1-2H3,(H,22,27)(H,25,26);8-9,13,21H,3-7,20H2,1-2H3,(H,23,26)(H,27,28)/t;;13-/m..1/s1. The molecule has 1 atom stereocenters. The summed E-state index contributed by atoms with van der Waals surface area (Å²) >= 11 is 0. The minimum atomic E-state index is -1.01. The van der Waals surface area contributed by atoms with E-state index in [0.717, 1.165) is 107 Å². The molecular formula is C63H81N15O9. The molecular weight excluding hydrogens is 1110 g/mol. The summed E-state index contributed by atoms with van der Waals surface area (Å²) in [5.41, 5.74) is 17.1. The van der Waals surface area contributed by atoms with Crippen LogP contribution < -0.4 is 80.3 Å². The van der Waals surface area contributed by atoms with Gasteiger partial charge in [-0.3, -0.25) is 28.8 Å². The Labute approximate surface area is 503 Å². The first kappa shape index (κ1) is 65.4. The summed E-state index contributed by atoms with van der Waals surface area (Å²) in [6.45, 7) is 31.7. The van der Waals surface area contributed by atoms with Crippen LogP contribution in [0.25, 0.3) is 19.7 Å². The van der Waals surface area contributed by atoms with Crippen LogP contribution in [-0.2, 0) is 14.4 Å². The molecule has 0 amide bonds. The molecule has 0 fully saturated rings. The number of nitrogens with two attached hydrogens (primary N) is 1. The van der Waals surface area contributed by atoms with E-state index < -0.39 is 23.9 Å². The van der Waals surface area contributed by atoms with Crippen molar-refractivity contribution in [3.63, 3.8) is 0 Å². The largest absolute Gasteiger partial charge is 0.481 e. The van der Waals surface area contributed by atoms with Gasteiger partial charge in [0, 0.05) is 51.3 Å². The number of carboxylic acids is 3. The Hall–Kier alpha value is -9.16. The highest BCUT2D eigenvalue weighted by Gasteiger charge is 2.27. The van der Waals surface area contributed by atoms with Crippen LogP contribution in [0.5, 0.6) is 0 Å². The van der Waals surface area contributed by atoms with Crippen molar-refractivity contribution < 1.29 is 29.7 Å². The quantitative estimate of drug-likeness (QED) is 0.0372. The first-order valence-corrected chi connectivity index (χ1v) is 29.3. The fourth-order valence-corrected chi connectivity index (χ4v) is 9.97. The van der Waals surface area contributed by atoms with E-state index >= 15 is 0 Å². The molecule has 9 rings (SSSR count). The molecule has 24 heteroatoms. The molecule has 3 aromatic carbocycles. The SMILES string of the molecule is C=c1nc2c(c(=O)[nH]1)=Nc1cc(C)c(C)cc1N2CCCCCCC(=O)O.C=c1nc2c(c(=O)[nH]1)=Nc1cc(C)c(C)cc1N2CCNCC[C@@H](N)C(=O)O.C=c1nc2c(c(=O)[nH]1)=Nc1cc(C)c(NCC(C)(C)C)cc1N2CCCCCCC(=O)O. The van der Waals surface area contributed by atoms with Gasteiger partial charge in [0.05, 0.1) is 34.1 Å². The molecule has 87 heavy (non-hydrogen) atoms. The van der Waals surface area contributed by atoms with Crippen molar-refractivity contribution in [2.24, 2.45) is 26.1 Å². The number of aliphatic carboxylic acids is 3. The molecule has 3 aromatic heterocycles. The molecule has 10 N–H and O–H groups in total. The summed E-state index contributed by atoms with van der Waals surface area (Å²) in [5.74, 6) is -1.02. The Morgan fingerprint density at radius 3 is 1.30 bits per heavy atom. The van der Waals surface area contributed by atoms with Crippen LogP contribution >= 0.6 is 0 Å². The second kappa shape index (κ2) is 28.8. The summed E-state index contributed by atoms with van der Waals surface area (Å²) in [7, 11) is 0. The van der Waals surface area contributed by atoms with Crippen LogP contribution in [0.2, 0.25) is 0 Å². The van der Waals surface area contributed by atoms with Crippen molar-refractivity contribution in [3.8, 4) is 0 Å². The van der Waals surface area contributed by atoms with E-state index in [2.05, 4.69) is 108 Å². The number of rotatable bonds is 23. The lowest BCUT2D eigenvalue weighted by molar-refractivity contribution is -0.139. The Morgan fingerprint density at radius 2 is 0.908 bits per heavy atom. The molecule has 0 spiro atoms. The number of unbranched alkanes of at least 4 members (excludes halogenated alkanes) is 6. The van der Waals surface area contributed by atoms with E-state index in [1.54, 1.807) is 0 Å². The van der Waals surface area contributed by atoms with Gasteiger partial charge in [0.2, 0.25) is 0 Å². The number of aromatic nitrogens is 6. The Balaban J connectivity index is 0.000000187. The molecule has 3 aliphatic rings. The van der Waals surface area contributed by atoms with E-state index in [0.29, 0.717) is 96.8 Å². The second-order valence-electron chi connectivity index (χ2n) is 23.4. The van der Waals surface area contributed by atoms with Gasteiger partial charge >= 0.3 is 17.9 Å². The van der Waals surface area contributed by atoms with Gasteiger partial charge in [-0.1, -0.05) is 66.2 Å². The minimum Gasteiger partial charge on any atom is -0.481 e. The Bertz CT molecular complexity index is 4120. The molecule has 0 saturated heterocycles. The van der Waals surface area contributed by atoms with Crippen molar-refractivity contribution in [3.05, 3.63) is 128 Å². The van der Waals surface area contributed by atoms with Crippen LogP contribution in [0.15, 0.2) is 65.8 Å². The lowest BCUT2D eigenvalue weighted by atomic mass is 9.96. The zero-order valence-electron chi connectivity index (χ0n) is 51.1. The highest BCUT2D eigenvalue weighted by molar-refractivity contribution is 5.81. The number of carboxylic acid groups (broad SMARTS) is 3. The van der Waals surface area contributed by atoms with E-state index in [1.165, 1.54) is 0 Å². The highest BCUT2D eigenvalue weighted by Crippen LogP contribution is 2.40. The summed E-state index contributed by atoms with van der Waals surface area (Å²) < 4.78 is 0. The fraction of sp³-hybridized carbons (Fsp3) is 0.429. The van der Waals surface area contributed by atoms with Gasteiger partial charge in [-0.15, -0.1) is 0 Å². The number of carbonyl (C=O) groups is 3. The van der Waals surface area contributed by atoms with Crippen molar-refractivity contribution >= 4 is 94.9 Å². The number of hydrogen-bond donors (Lipinski definition) is 9. The van der Waals surface area contributed by atoms with Crippen LogP contribution in [0.1, 0.15) is 119 Å². The third-order valence-corrected chi connectivity index (χ3v) is 14.9. The molecule has 0 unspecified atom stereocenters. The van der Waals surface area contributed by atoms with Gasteiger partial charge in [0.15, 0.2) is 33.5 Å². The minimum absolute atomic E-state index is 0.132. The predicted octanol–water partition coefficient (Wildman–Crippen LogP) is 5.21. The van der Waals surface area contributed by atoms with Crippen LogP contribution in [-0.4, -0.2) is 108 Å². The van der Waals surface area contributed by atoms with Gasteiger partial charge < -0.3 is 61.3 Å². The van der Waals surface area contributed by atoms with E-state index in [1.807, 2.05) is 73.6 Å². The van der Waals surface area contributed by atoms with Gasteiger partial charge in [-0.25, -0.2) is 29.9 Å². The number of aryl methyl sites for hydroxylation is 5. The zero-order valence-corrected chi connectivity index (χ0v) is 51.1. The molecule has 0 radical (unpaired) electrons. The molecule has 24 nitrogen and oxygen atoms in total. The van der Waals surface area contributed by atoms with Crippen LogP contribution in [0.4, 0.5) is 57.3 Å². The Morgan fingerprint density at radius 1 is 0.540 bits per heavy atom. The topological polar surface area (TPSA) is 346 Å². The lowest BCUT2D eigenvalue weighted by Crippen LogP contribution is -2.44. The number of nitrogens with zero attached hydrogens (tertiary/aromatic N) is 9. The highest BCUT2D eigenvalue weighted by atomic mass is 16.4. The first-order valence-electron chi connectivity index (χ1n) is 29.3.